The van der Waals surface area contributed by atoms with E-state index in [0.29, 0.717) is 0 Å². The highest BCUT2D eigenvalue weighted by atomic mass is 14.7. The molecular formula is C18H22N2. The molecule has 0 spiro atoms. The number of hydrogen-bond acceptors (Lipinski definition) is 2. The number of nitrogens with two attached hydrogens (primary N) is 1. The van der Waals surface area contributed by atoms with E-state index in [4.69, 9.17) is 5.73 Å². The molecule has 1 aromatic heterocycles. The highest BCUT2D eigenvalue weighted by molar-refractivity contribution is 5.78. The van der Waals surface area contributed by atoms with Gasteiger partial charge in [-0.3, -0.25) is 4.98 Å². The van der Waals surface area contributed by atoms with Crippen LogP contribution in [0.1, 0.15) is 43.7 Å². The minimum atomic E-state index is 0.149. The van der Waals surface area contributed by atoms with Crippen molar-refractivity contribution in [1.82, 2.24) is 4.98 Å². The van der Waals surface area contributed by atoms with Crippen LogP contribution in [0.5, 0.6) is 0 Å². The summed E-state index contributed by atoms with van der Waals surface area (Å²) < 4.78 is 0. The van der Waals surface area contributed by atoms with Gasteiger partial charge >= 0.3 is 0 Å². The van der Waals surface area contributed by atoms with E-state index in [1.165, 1.54) is 36.6 Å². The highest BCUT2D eigenvalue weighted by Gasteiger charge is 2.39. The lowest BCUT2D eigenvalue weighted by Gasteiger charge is -2.24. The molecule has 2 bridgehead atoms. The van der Waals surface area contributed by atoms with Crippen molar-refractivity contribution in [3.05, 3.63) is 42.1 Å². The molecule has 2 nitrogen and oxygen atoms in total. The van der Waals surface area contributed by atoms with Crippen molar-refractivity contribution in [1.29, 1.82) is 0 Å². The molecule has 0 amide bonds. The van der Waals surface area contributed by atoms with Gasteiger partial charge in [0.05, 0.1) is 5.52 Å². The van der Waals surface area contributed by atoms with Gasteiger partial charge in [0, 0.05) is 17.6 Å². The maximum Gasteiger partial charge on any atom is 0.0702 e. The van der Waals surface area contributed by atoms with Gasteiger partial charge in [0.2, 0.25) is 0 Å². The zero-order chi connectivity index (χ0) is 13.5. The van der Waals surface area contributed by atoms with Crippen LogP contribution in [0.3, 0.4) is 0 Å². The second kappa shape index (κ2) is 4.85. The first-order valence-corrected chi connectivity index (χ1v) is 7.90. The van der Waals surface area contributed by atoms with E-state index in [1.54, 1.807) is 0 Å². The smallest absolute Gasteiger partial charge is 0.0702 e. The maximum atomic E-state index is 6.46. The fraction of sp³-hybridized carbons (Fsp3) is 0.500. The number of fused-ring (bicyclic) bond motifs is 3. The molecule has 4 rings (SSSR count). The monoisotopic (exact) mass is 266 g/mol. The minimum Gasteiger partial charge on any atom is -0.324 e. The Labute approximate surface area is 120 Å². The highest BCUT2D eigenvalue weighted by Crippen LogP contribution is 2.50. The lowest BCUT2D eigenvalue weighted by atomic mass is 9.83. The molecule has 20 heavy (non-hydrogen) atoms. The van der Waals surface area contributed by atoms with E-state index in [2.05, 4.69) is 29.2 Å². The molecule has 4 unspecified atom stereocenters. The standard InChI is InChI=1S/C18H22N2/c19-17(10-15-8-12-5-6-13(15)7-12)16-9-14-3-1-2-4-18(14)20-11-16/h1-4,9,11-13,15,17H,5-8,10,19H2. The zero-order valence-electron chi connectivity index (χ0n) is 11.8. The molecule has 0 saturated heterocycles. The lowest BCUT2D eigenvalue weighted by Crippen LogP contribution is -2.19. The summed E-state index contributed by atoms with van der Waals surface area (Å²) in [7, 11) is 0. The van der Waals surface area contributed by atoms with Crippen molar-refractivity contribution >= 4 is 10.9 Å². The Hall–Kier alpha value is -1.41. The maximum absolute atomic E-state index is 6.46. The summed E-state index contributed by atoms with van der Waals surface area (Å²) >= 11 is 0. The fourth-order valence-electron chi connectivity index (χ4n) is 4.42. The molecule has 2 fully saturated rings. The number of aromatic nitrogens is 1. The predicted octanol–water partition coefficient (Wildman–Crippen LogP) is 4.06. The first kappa shape index (κ1) is 12.3. The second-order valence-corrected chi connectivity index (χ2v) is 6.74. The van der Waals surface area contributed by atoms with Crippen LogP contribution < -0.4 is 5.73 Å². The largest absolute Gasteiger partial charge is 0.324 e. The fourth-order valence-corrected chi connectivity index (χ4v) is 4.42. The van der Waals surface area contributed by atoms with Crippen molar-refractivity contribution in [3.8, 4) is 0 Å². The molecule has 0 aliphatic heterocycles. The Kier molecular flexibility index (Phi) is 2.99. The average Bonchev–Trinajstić information content (AvgIpc) is 3.09. The molecule has 1 aromatic carbocycles. The SMILES string of the molecule is NC(CC1CC2CCC1C2)c1cnc2ccccc2c1. The van der Waals surface area contributed by atoms with Crippen molar-refractivity contribution in [2.75, 3.05) is 0 Å². The molecular weight excluding hydrogens is 244 g/mol. The number of rotatable bonds is 3. The minimum absolute atomic E-state index is 0.149. The molecule has 4 atom stereocenters. The van der Waals surface area contributed by atoms with Gasteiger partial charge in [-0.1, -0.05) is 24.6 Å². The number of pyridine rings is 1. The van der Waals surface area contributed by atoms with Gasteiger partial charge in [-0.15, -0.1) is 0 Å². The third kappa shape index (κ3) is 2.12. The number of para-hydroxylation sites is 1. The molecule has 2 aliphatic rings. The zero-order valence-corrected chi connectivity index (χ0v) is 11.8. The van der Waals surface area contributed by atoms with Crippen LogP contribution in [0, 0.1) is 17.8 Å². The van der Waals surface area contributed by atoms with E-state index in [0.717, 1.165) is 29.7 Å². The van der Waals surface area contributed by atoms with Crippen LogP contribution in [-0.4, -0.2) is 4.98 Å². The van der Waals surface area contributed by atoms with Gasteiger partial charge < -0.3 is 5.73 Å². The van der Waals surface area contributed by atoms with Crippen molar-refractivity contribution < 1.29 is 0 Å². The van der Waals surface area contributed by atoms with Crippen LogP contribution >= 0.6 is 0 Å². The van der Waals surface area contributed by atoms with Gasteiger partial charge in [0.25, 0.3) is 0 Å². The molecule has 2 heteroatoms. The van der Waals surface area contributed by atoms with Crippen LogP contribution in [0.25, 0.3) is 10.9 Å². The molecule has 1 heterocycles. The Balaban J connectivity index is 1.53. The molecule has 2 saturated carbocycles. The van der Waals surface area contributed by atoms with Gasteiger partial charge in [0.1, 0.15) is 0 Å². The second-order valence-electron chi connectivity index (χ2n) is 6.74. The van der Waals surface area contributed by atoms with E-state index in [-0.39, 0.29) is 6.04 Å². The van der Waals surface area contributed by atoms with Gasteiger partial charge in [-0.25, -0.2) is 0 Å². The summed E-state index contributed by atoms with van der Waals surface area (Å²) in [6.07, 6.45) is 8.90. The quantitative estimate of drug-likeness (QED) is 0.909. The third-order valence-corrected chi connectivity index (χ3v) is 5.48. The van der Waals surface area contributed by atoms with Crippen molar-refractivity contribution in [2.45, 2.75) is 38.1 Å². The lowest BCUT2D eigenvalue weighted by molar-refractivity contribution is 0.296. The first-order chi connectivity index (χ1) is 9.79. The molecule has 0 radical (unpaired) electrons. The van der Waals surface area contributed by atoms with Crippen molar-refractivity contribution in [3.63, 3.8) is 0 Å². The van der Waals surface area contributed by atoms with E-state index in [9.17, 15) is 0 Å². The Morgan fingerprint density at radius 1 is 1.20 bits per heavy atom. The normalized spacial score (nSPS) is 29.9. The van der Waals surface area contributed by atoms with Gasteiger partial charge in [-0.2, -0.15) is 0 Å². The summed E-state index contributed by atoms with van der Waals surface area (Å²) in [5, 5.41) is 1.20. The van der Waals surface area contributed by atoms with Crippen LogP contribution in [0.15, 0.2) is 36.5 Å². The van der Waals surface area contributed by atoms with Crippen LogP contribution in [-0.2, 0) is 0 Å². The summed E-state index contributed by atoms with van der Waals surface area (Å²) in [6, 6.07) is 10.6. The number of nitrogens with zero attached hydrogens (tertiary/aromatic N) is 1. The summed E-state index contributed by atoms with van der Waals surface area (Å²) in [5.41, 5.74) is 8.72. The third-order valence-electron chi connectivity index (χ3n) is 5.48. The molecule has 2 aromatic rings. The van der Waals surface area contributed by atoms with Crippen molar-refractivity contribution in [2.24, 2.45) is 23.5 Å². The summed E-state index contributed by atoms with van der Waals surface area (Å²) in [5.74, 6) is 2.82. The average molecular weight is 266 g/mol. The van der Waals surface area contributed by atoms with Gasteiger partial charge in [-0.05, 0) is 61.1 Å². The Bertz CT molecular complexity index is 622. The predicted molar refractivity (Wildman–Crippen MR) is 82.2 cm³/mol. The first-order valence-electron chi connectivity index (χ1n) is 7.90. The Morgan fingerprint density at radius 3 is 2.90 bits per heavy atom. The van der Waals surface area contributed by atoms with E-state index < -0.39 is 0 Å². The van der Waals surface area contributed by atoms with E-state index in [1.807, 2.05) is 12.3 Å². The molecule has 104 valence electrons. The summed E-state index contributed by atoms with van der Waals surface area (Å²) in [6.45, 7) is 0. The number of benzene rings is 1. The van der Waals surface area contributed by atoms with E-state index >= 15 is 0 Å². The number of hydrogen-bond donors (Lipinski definition) is 1. The molecule has 2 N–H and O–H groups in total. The van der Waals surface area contributed by atoms with Crippen LogP contribution in [0.2, 0.25) is 0 Å². The molecule has 2 aliphatic carbocycles. The summed E-state index contributed by atoms with van der Waals surface area (Å²) in [4.78, 5) is 4.54. The van der Waals surface area contributed by atoms with Crippen LogP contribution in [0.4, 0.5) is 0 Å². The Morgan fingerprint density at radius 2 is 2.10 bits per heavy atom. The topological polar surface area (TPSA) is 38.9 Å². The van der Waals surface area contributed by atoms with Gasteiger partial charge in [0.15, 0.2) is 0 Å².